The van der Waals surface area contributed by atoms with Crippen molar-refractivity contribution in [2.75, 3.05) is 5.75 Å². The minimum absolute atomic E-state index is 0.515. The Morgan fingerprint density at radius 1 is 1.37 bits per heavy atom. The number of benzene rings is 1. The molecule has 5 heteroatoms. The fourth-order valence-corrected chi connectivity index (χ4v) is 4.42. The molecule has 1 aromatic carbocycles. The molecule has 1 heterocycles. The van der Waals surface area contributed by atoms with Crippen LogP contribution in [0.1, 0.15) is 18.9 Å². The molecule has 0 spiro atoms. The van der Waals surface area contributed by atoms with E-state index in [0.29, 0.717) is 20.5 Å². The molecule has 2 rings (SSSR count). The average Bonchev–Trinajstić information content (AvgIpc) is 2.84. The van der Waals surface area contributed by atoms with Crippen molar-refractivity contribution in [3.05, 3.63) is 40.9 Å². The molecule has 1 aromatic heterocycles. The van der Waals surface area contributed by atoms with E-state index in [9.17, 15) is 4.21 Å². The van der Waals surface area contributed by atoms with Crippen molar-refractivity contribution >= 4 is 33.7 Å². The molecule has 0 fully saturated rings. The second-order valence-corrected chi connectivity index (χ2v) is 7.23. The van der Waals surface area contributed by atoms with E-state index in [4.69, 9.17) is 16.9 Å². The van der Waals surface area contributed by atoms with E-state index in [1.165, 1.54) is 11.3 Å². The number of hydrogen-bond acceptors (Lipinski definition) is 3. The Bertz CT molecular complexity index is 640. The summed E-state index contributed by atoms with van der Waals surface area (Å²) in [5.41, 5.74) is 1.51. The van der Waals surface area contributed by atoms with Crippen LogP contribution in [-0.4, -0.2) is 9.96 Å². The third kappa shape index (κ3) is 3.24. The summed E-state index contributed by atoms with van der Waals surface area (Å²) in [7, 11) is -1.08. The molecule has 0 N–H and O–H groups in total. The largest absolute Gasteiger partial charge is 0.253 e. The van der Waals surface area contributed by atoms with Crippen LogP contribution in [0.25, 0.3) is 10.4 Å². The summed E-state index contributed by atoms with van der Waals surface area (Å²) in [4.78, 5) is 0.952. The second kappa shape index (κ2) is 6.33. The van der Waals surface area contributed by atoms with Crippen molar-refractivity contribution in [2.45, 2.75) is 17.6 Å². The van der Waals surface area contributed by atoms with Crippen molar-refractivity contribution in [1.82, 2.24) is 0 Å². The molecule has 0 aliphatic rings. The van der Waals surface area contributed by atoms with Gasteiger partial charge >= 0.3 is 0 Å². The van der Waals surface area contributed by atoms with Crippen LogP contribution in [0.2, 0.25) is 5.02 Å². The van der Waals surface area contributed by atoms with Gasteiger partial charge in [0.05, 0.1) is 16.4 Å². The quantitative estimate of drug-likeness (QED) is 0.836. The van der Waals surface area contributed by atoms with Crippen molar-refractivity contribution in [1.29, 1.82) is 5.26 Å². The summed E-state index contributed by atoms with van der Waals surface area (Å²) in [5, 5.41) is 9.82. The maximum Gasteiger partial charge on any atom is 0.109 e. The van der Waals surface area contributed by atoms with Crippen molar-refractivity contribution in [3.63, 3.8) is 0 Å². The Kier molecular flexibility index (Phi) is 4.76. The Morgan fingerprint density at radius 2 is 2.05 bits per heavy atom. The fraction of sp³-hybridized carbons (Fsp3) is 0.214. The number of nitrogens with zero attached hydrogens (tertiary/aromatic N) is 1. The first-order chi connectivity index (χ1) is 9.15. The van der Waals surface area contributed by atoms with E-state index in [1.54, 1.807) is 6.07 Å². The highest BCUT2D eigenvalue weighted by Crippen LogP contribution is 2.34. The highest BCUT2D eigenvalue weighted by atomic mass is 35.5. The summed E-state index contributed by atoms with van der Waals surface area (Å²) < 4.78 is 12.7. The fourth-order valence-electron chi connectivity index (χ4n) is 1.66. The van der Waals surface area contributed by atoms with Gasteiger partial charge in [-0.05, 0) is 30.2 Å². The van der Waals surface area contributed by atoms with Gasteiger partial charge < -0.3 is 0 Å². The number of thiophene rings is 1. The van der Waals surface area contributed by atoms with Crippen LogP contribution < -0.4 is 0 Å². The Hall–Kier alpha value is -1.15. The molecule has 19 heavy (non-hydrogen) atoms. The van der Waals surface area contributed by atoms with Crippen LogP contribution >= 0.6 is 22.9 Å². The van der Waals surface area contributed by atoms with E-state index < -0.39 is 10.8 Å². The lowest BCUT2D eigenvalue weighted by atomic mass is 10.2. The first-order valence-corrected chi connectivity index (χ1v) is 8.35. The predicted octanol–water partition coefficient (Wildman–Crippen LogP) is 4.46. The normalized spacial score (nSPS) is 12.1. The zero-order valence-corrected chi connectivity index (χ0v) is 12.7. The standard InChI is InChI=1S/C14H12ClNOS2/c1-2-7-19(17)14-11(9-16)8-13(18-14)10-3-5-12(15)6-4-10/h3-6,8H,2,7H2,1H3. The molecule has 0 aliphatic carbocycles. The van der Waals surface area contributed by atoms with E-state index >= 15 is 0 Å². The third-order valence-corrected chi connectivity index (χ3v) is 5.99. The number of rotatable bonds is 4. The van der Waals surface area contributed by atoms with Crippen LogP contribution in [0.5, 0.6) is 0 Å². The maximum atomic E-state index is 12.1. The summed E-state index contributed by atoms with van der Waals surface area (Å²) in [6.45, 7) is 1.98. The molecule has 0 saturated heterocycles. The van der Waals surface area contributed by atoms with Gasteiger partial charge in [0.1, 0.15) is 10.3 Å². The van der Waals surface area contributed by atoms with Gasteiger partial charge in [-0.3, -0.25) is 4.21 Å². The molecule has 0 bridgehead atoms. The first kappa shape index (κ1) is 14.3. The number of halogens is 1. The summed E-state index contributed by atoms with van der Waals surface area (Å²) >= 11 is 7.28. The Labute approximate surface area is 124 Å². The zero-order chi connectivity index (χ0) is 13.8. The predicted molar refractivity (Wildman–Crippen MR) is 81.0 cm³/mol. The van der Waals surface area contributed by atoms with E-state index in [2.05, 4.69) is 6.07 Å². The summed E-state index contributed by atoms with van der Waals surface area (Å²) in [5.74, 6) is 0.593. The molecular formula is C14H12ClNOS2. The topological polar surface area (TPSA) is 40.9 Å². The van der Waals surface area contributed by atoms with Gasteiger partial charge in [-0.1, -0.05) is 30.7 Å². The monoisotopic (exact) mass is 309 g/mol. The molecule has 1 unspecified atom stereocenters. The van der Waals surface area contributed by atoms with Gasteiger partial charge in [0.25, 0.3) is 0 Å². The van der Waals surface area contributed by atoms with Crippen LogP contribution in [-0.2, 0) is 10.8 Å². The lowest BCUT2D eigenvalue weighted by Crippen LogP contribution is -1.95. The molecule has 2 nitrogen and oxygen atoms in total. The minimum Gasteiger partial charge on any atom is -0.253 e. The molecular weight excluding hydrogens is 298 g/mol. The average molecular weight is 310 g/mol. The third-order valence-electron chi connectivity index (χ3n) is 2.54. The molecule has 1 atom stereocenters. The van der Waals surface area contributed by atoms with Gasteiger partial charge in [-0.25, -0.2) is 0 Å². The molecule has 0 amide bonds. The van der Waals surface area contributed by atoms with Gasteiger partial charge in [0.15, 0.2) is 0 Å². The van der Waals surface area contributed by atoms with Gasteiger partial charge in [-0.2, -0.15) is 5.26 Å². The second-order valence-electron chi connectivity index (χ2n) is 3.98. The lowest BCUT2D eigenvalue weighted by Gasteiger charge is -1.97. The maximum absolute atomic E-state index is 12.1. The first-order valence-electron chi connectivity index (χ1n) is 5.84. The number of nitriles is 1. The highest BCUT2D eigenvalue weighted by molar-refractivity contribution is 7.87. The highest BCUT2D eigenvalue weighted by Gasteiger charge is 2.15. The summed E-state index contributed by atoms with van der Waals surface area (Å²) in [6, 6.07) is 11.4. The van der Waals surface area contributed by atoms with Crippen molar-refractivity contribution in [2.24, 2.45) is 0 Å². The SMILES string of the molecule is CCCS(=O)c1sc(-c2ccc(Cl)cc2)cc1C#N. The van der Waals surface area contributed by atoms with Crippen LogP contribution in [0.3, 0.4) is 0 Å². The molecule has 98 valence electrons. The lowest BCUT2D eigenvalue weighted by molar-refractivity contribution is 0.683. The van der Waals surface area contributed by atoms with Crippen LogP contribution in [0, 0.1) is 11.3 Å². The number of hydrogen-bond donors (Lipinski definition) is 0. The van der Waals surface area contributed by atoms with Gasteiger partial charge in [-0.15, -0.1) is 11.3 Å². The van der Waals surface area contributed by atoms with E-state index in [0.717, 1.165) is 16.9 Å². The van der Waals surface area contributed by atoms with Crippen LogP contribution in [0.15, 0.2) is 34.5 Å². The van der Waals surface area contributed by atoms with Crippen LogP contribution in [0.4, 0.5) is 0 Å². The Morgan fingerprint density at radius 3 is 2.63 bits per heavy atom. The molecule has 0 radical (unpaired) electrons. The van der Waals surface area contributed by atoms with E-state index in [1.807, 2.05) is 31.2 Å². The van der Waals surface area contributed by atoms with Crippen molar-refractivity contribution in [3.8, 4) is 16.5 Å². The van der Waals surface area contributed by atoms with Gasteiger partial charge in [0.2, 0.25) is 0 Å². The van der Waals surface area contributed by atoms with E-state index in [-0.39, 0.29) is 0 Å². The Balaban J connectivity index is 2.41. The zero-order valence-electron chi connectivity index (χ0n) is 10.4. The summed E-state index contributed by atoms with van der Waals surface area (Å²) in [6.07, 6.45) is 0.839. The van der Waals surface area contributed by atoms with Gasteiger partial charge in [0, 0.05) is 15.7 Å². The molecule has 0 aliphatic heterocycles. The van der Waals surface area contributed by atoms with Crippen molar-refractivity contribution < 1.29 is 4.21 Å². The minimum atomic E-state index is -1.08. The molecule has 2 aromatic rings. The smallest absolute Gasteiger partial charge is 0.109 e. The molecule has 0 saturated carbocycles.